The van der Waals surface area contributed by atoms with Crippen molar-refractivity contribution in [1.29, 1.82) is 0 Å². The van der Waals surface area contributed by atoms with E-state index < -0.39 is 0 Å². The number of nitrogens with zero attached hydrogens (tertiary/aromatic N) is 3. The van der Waals surface area contributed by atoms with Crippen molar-refractivity contribution >= 4 is 17.5 Å². The molecule has 0 unspecified atom stereocenters. The van der Waals surface area contributed by atoms with Crippen LogP contribution in [0.5, 0.6) is 5.75 Å². The first-order valence-electron chi connectivity index (χ1n) is 8.72. The van der Waals surface area contributed by atoms with Gasteiger partial charge in [0.1, 0.15) is 11.6 Å². The van der Waals surface area contributed by atoms with E-state index in [4.69, 9.17) is 4.74 Å². The van der Waals surface area contributed by atoms with Crippen molar-refractivity contribution in [1.82, 2.24) is 9.97 Å². The molecule has 26 heavy (non-hydrogen) atoms. The molecule has 0 radical (unpaired) electrons. The first-order valence-corrected chi connectivity index (χ1v) is 8.72. The van der Waals surface area contributed by atoms with Crippen molar-refractivity contribution in [2.75, 3.05) is 17.3 Å². The Hall–Kier alpha value is -3.08. The Morgan fingerprint density at radius 2 is 1.73 bits per heavy atom. The first kappa shape index (κ1) is 17.7. The quantitative estimate of drug-likeness (QED) is 0.674. The zero-order valence-electron chi connectivity index (χ0n) is 15.4. The van der Waals surface area contributed by atoms with Crippen molar-refractivity contribution in [2.45, 2.75) is 26.5 Å². The van der Waals surface area contributed by atoms with Crippen LogP contribution < -0.4 is 15.0 Å². The second-order valence-electron chi connectivity index (χ2n) is 6.40. The summed E-state index contributed by atoms with van der Waals surface area (Å²) in [6.45, 7) is 4.78. The summed E-state index contributed by atoms with van der Waals surface area (Å²) < 4.78 is 5.67. The van der Waals surface area contributed by atoms with E-state index in [1.165, 1.54) is 5.56 Å². The van der Waals surface area contributed by atoms with Crippen LogP contribution >= 0.6 is 0 Å². The number of benzene rings is 2. The second kappa shape index (κ2) is 8.34. The lowest BCUT2D eigenvalue weighted by atomic mass is 10.2. The minimum absolute atomic E-state index is 0.165. The van der Waals surface area contributed by atoms with E-state index in [9.17, 15) is 0 Å². The monoisotopic (exact) mass is 348 g/mol. The predicted octanol–water partition coefficient (Wildman–Crippen LogP) is 4.64. The number of ether oxygens (including phenoxy) is 1. The molecule has 0 saturated carbocycles. The van der Waals surface area contributed by atoms with Crippen molar-refractivity contribution in [2.24, 2.45) is 0 Å². The molecule has 0 atom stereocenters. The number of rotatable bonds is 7. The molecule has 5 heteroatoms. The lowest BCUT2D eigenvalue weighted by Gasteiger charge is -2.18. The fraction of sp³-hybridized carbons (Fsp3) is 0.238. The van der Waals surface area contributed by atoms with Gasteiger partial charge in [0.25, 0.3) is 0 Å². The third kappa shape index (κ3) is 4.96. The normalized spacial score (nSPS) is 10.6. The number of aromatic nitrogens is 2. The van der Waals surface area contributed by atoms with Gasteiger partial charge in [-0.05, 0) is 49.7 Å². The van der Waals surface area contributed by atoms with Crippen LogP contribution in [0.4, 0.5) is 17.5 Å². The Morgan fingerprint density at radius 3 is 2.42 bits per heavy atom. The Kier molecular flexibility index (Phi) is 5.69. The van der Waals surface area contributed by atoms with E-state index in [1.807, 2.05) is 74.3 Å². The highest BCUT2D eigenvalue weighted by molar-refractivity contribution is 5.58. The van der Waals surface area contributed by atoms with E-state index in [-0.39, 0.29) is 6.10 Å². The third-order valence-corrected chi connectivity index (χ3v) is 3.75. The minimum Gasteiger partial charge on any atom is -0.491 e. The predicted molar refractivity (Wildman–Crippen MR) is 106 cm³/mol. The highest BCUT2D eigenvalue weighted by Crippen LogP contribution is 2.21. The van der Waals surface area contributed by atoms with Crippen molar-refractivity contribution in [3.8, 4) is 5.75 Å². The summed E-state index contributed by atoms with van der Waals surface area (Å²) in [6.07, 6.45) is 1.93. The van der Waals surface area contributed by atoms with Gasteiger partial charge in [0.05, 0.1) is 6.10 Å². The molecule has 1 heterocycles. The summed E-state index contributed by atoms with van der Waals surface area (Å²) in [5.41, 5.74) is 2.18. The van der Waals surface area contributed by atoms with Gasteiger partial charge < -0.3 is 15.0 Å². The maximum absolute atomic E-state index is 5.67. The molecule has 5 nitrogen and oxygen atoms in total. The Bertz CT molecular complexity index is 819. The van der Waals surface area contributed by atoms with Gasteiger partial charge in [-0.1, -0.05) is 30.3 Å². The molecule has 0 aliphatic rings. The van der Waals surface area contributed by atoms with Gasteiger partial charge in [0, 0.05) is 25.5 Å². The van der Waals surface area contributed by atoms with Gasteiger partial charge in [-0.3, -0.25) is 0 Å². The SMILES string of the molecule is CC(C)Oc1ccc(Nc2ccnc(N(C)Cc3ccccc3)n2)cc1. The van der Waals surface area contributed by atoms with Crippen LogP contribution in [-0.4, -0.2) is 23.1 Å². The molecule has 0 bridgehead atoms. The van der Waals surface area contributed by atoms with Gasteiger partial charge in [0.2, 0.25) is 5.95 Å². The average molecular weight is 348 g/mol. The Labute approximate surface area is 154 Å². The maximum Gasteiger partial charge on any atom is 0.227 e. The van der Waals surface area contributed by atoms with Crippen molar-refractivity contribution in [3.63, 3.8) is 0 Å². The van der Waals surface area contributed by atoms with E-state index in [2.05, 4.69) is 27.4 Å². The molecular weight excluding hydrogens is 324 g/mol. The van der Waals surface area contributed by atoms with Crippen LogP contribution in [0, 0.1) is 0 Å². The molecule has 1 aromatic heterocycles. The fourth-order valence-electron chi connectivity index (χ4n) is 2.57. The highest BCUT2D eigenvalue weighted by Gasteiger charge is 2.07. The number of nitrogens with one attached hydrogen (secondary N) is 1. The minimum atomic E-state index is 0.165. The van der Waals surface area contributed by atoms with Crippen LogP contribution in [0.1, 0.15) is 19.4 Å². The Morgan fingerprint density at radius 1 is 1.00 bits per heavy atom. The molecular formula is C21H24N4O. The zero-order chi connectivity index (χ0) is 18.4. The summed E-state index contributed by atoms with van der Waals surface area (Å²) in [6, 6.07) is 20.0. The molecule has 3 rings (SSSR count). The molecule has 0 amide bonds. The van der Waals surface area contributed by atoms with Crippen molar-refractivity contribution in [3.05, 3.63) is 72.4 Å². The van der Waals surface area contributed by atoms with Gasteiger partial charge >= 0.3 is 0 Å². The Balaban J connectivity index is 1.67. The van der Waals surface area contributed by atoms with Crippen LogP contribution in [0.3, 0.4) is 0 Å². The summed E-state index contributed by atoms with van der Waals surface area (Å²) >= 11 is 0. The molecule has 2 aromatic carbocycles. The molecule has 3 aromatic rings. The van der Waals surface area contributed by atoms with E-state index >= 15 is 0 Å². The molecule has 0 spiro atoms. The van der Waals surface area contributed by atoms with Gasteiger partial charge in [-0.25, -0.2) is 4.98 Å². The topological polar surface area (TPSA) is 50.3 Å². The second-order valence-corrected chi connectivity index (χ2v) is 6.40. The molecule has 134 valence electrons. The fourth-order valence-corrected chi connectivity index (χ4v) is 2.57. The molecule has 0 saturated heterocycles. The zero-order valence-corrected chi connectivity index (χ0v) is 15.4. The van der Waals surface area contributed by atoms with Crippen LogP contribution in [0.25, 0.3) is 0 Å². The largest absolute Gasteiger partial charge is 0.491 e. The van der Waals surface area contributed by atoms with E-state index in [0.29, 0.717) is 5.95 Å². The smallest absolute Gasteiger partial charge is 0.227 e. The summed E-state index contributed by atoms with van der Waals surface area (Å²) in [5.74, 6) is 2.29. The molecule has 0 aliphatic carbocycles. The van der Waals surface area contributed by atoms with Gasteiger partial charge in [-0.2, -0.15) is 4.98 Å². The lowest BCUT2D eigenvalue weighted by molar-refractivity contribution is 0.242. The third-order valence-electron chi connectivity index (χ3n) is 3.75. The molecule has 0 fully saturated rings. The summed E-state index contributed by atoms with van der Waals surface area (Å²) in [4.78, 5) is 11.0. The number of hydrogen-bond acceptors (Lipinski definition) is 5. The summed E-state index contributed by atoms with van der Waals surface area (Å²) in [5, 5.41) is 3.31. The van der Waals surface area contributed by atoms with E-state index in [1.54, 1.807) is 6.20 Å². The van der Waals surface area contributed by atoms with Gasteiger partial charge in [-0.15, -0.1) is 0 Å². The van der Waals surface area contributed by atoms with Crippen LogP contribution in [0.2, 0.25) is 0 Å². The van der Waals surface area contributed by atoms with Gasteiger partial charge in [0.15, 0.2) is 0 Å². The van der Waals surface area contributed by atoms with Crippen molar-refractivity contribution < 1.29 is 4.74 Å². The van der Waals surface area contributed by atoms with Crippen LogP contribution in [0.15, 0.2) is 66.9 Å². The first-order chi connectivity index (χ1) is 12.6. The lowest BCUT2D eigenvalue weighted by Crippen LogP contribution is -2.19. The van der Waals surface area contributed by atoms with Crippen LogP contribution in [-0.2, 0) is 6.54 Å². The summed E-state index contributed by atoms with van der Waals surface area (Å²) in [7, 11) is 1.99. The molecule has 0 aliphatic heterocycles. The number of anilines is 3. The standard InChI is InChI=1S/C21H24N4O/c1-16(2)26-19-11-9-18(10-12-19)23-20-13-14-22-21(24-20)25(3)15-17-7-5-4-6-8-17/h4-14,16H,15H2,1-3H3,(H,22,23,24). The van der Waals surface area contributed by atoms with E-state index in [0.717, 1.165) is 23.8 Å². The average Bonchev–Trinajstić information content (AvgIpc) is 2.64. The molecule has 1 N–H and O–H groups in total. The number of hydrogen-bond donors (Lipinski definition) is 1. The highest BCUT2D eigenvalue weighted by atomic mass is 16.5. The maximum atomic E-state index is 5.67.